The van der Waals surface area contributed by atoms with E-state index in [-0.39, 0.29) is 13.2 Å². The maximum atomic E-state index is 11.5. The van der Waals surface area contributed by atoms with Gasteiger partial charge >= 0.3 is 11.8 Å². The maximum absolute atomic E-state index is 11.5. The highest BCUT2D eigenvalue weighted by molar-refractivity contribution is 6.34. The number of hydrazine groups is 1. The molecule has 0 aromatic heterocycles. The van der Waals surface area contributed by atoms with Crippen LogP contribution in [0, 0.1) is 0 Å². The predicted octanol–water partition coefficient (Wildman–Crippen LogP) is -1.63. The van der Waals surface area contributed by atoms with E-state index in [4.69, 9.17) is 0 Å². The summed E-state index contributed by atoms with van der Waals surface area (Å²) in [5.74, 6) is 2.71. The number of nitrogens with two attached hydrogens (primary N) is 1. The molecule has 0 aromatic rings. The largest absolute Gasteiger partial charge is 0.374 e. The number of amides is 2. The van der Waals surface area contributed by atoms with Crippen LogP contribution in [0.3, 0.4) is 0 Å². The molecule has 0 aliphatic carbocycles. The number of alkyl halides is 2. The molecule has 0 aliphatic rings. The summed E-state index contributed by atoms with van der Waals surface area (Å²) in [5, 5.41) is 2.11. The lowest BCUT2D eigenvalue weighted by atomic mass is 10.5. The van der Waals surface area contributed by atoms with Gasteiger partial charge in [0.25, 0.3) is 6.43 Å². The summed E-state index contributed by atoms with van der Waals surface area (Å²) < 4.78 is 27.5. The number of hydrogen-bond acceptors (Lipinski definition) is 4. The van der Waals surface area contributed by atoms with Gasteiger partial charge in [0.05, 0.1) is 6.61 Å². The molecule has 0 unspecified atom stereocenters. The Balaban J connectivity index is 3.36. The standard InChI is InChI=1S/C6H11F2N3O3/c7-4(8)3-14-2-1-10-5(12)6(13)11-9/h4H,1-3,9H2,(H,10,12)(H,11,13). The third kappa shape index (κ3) is 6.26. The molecular formula is C6H11F2N3O3. The highest BCUT2D eigenvalue weighted by Gasteiger charge is 2.10. The zero-order chi connectivity index (χ0) is 11.0. The van der Waals surface area contributed by atoms with Crippen LogP contribution in [-0.4, -0.2) is 38.0 Å². The van der Waals surface area contributed by atoms with E-state index in [1.807, 2.05) is 0 Å². The second-order valence-electron chi connectivity index (χ2n) is 2.20. The lowest BCUT2D eigenvalue weighted by molar-refractivity contribution is -0.139. The number of carbonyl (C=O) groups is 2. The molecule has 0 radical (unpaired) electrons. The summed E-state index contributed by atoms with van der Waals surface area (Å²) in [6, 6.07) is 0. The topological polar surface area (TPSA) is 93.5 Å². The van der Waals surface area contributed by atoms with Gasteiger partial charge in [-0.05, 0) is 0 Å². The Kier molecular flexibility index (Phi) is 6.50. The van der Waals surface area contributed by atoms with Gasteiger partial charge in [0.1, 0.15) is 6.61 Å². The van der Waals surface area contributed by atoms with E-state index < -0.39 is 24.8 Å². The van der Waals surface area contributed by atoms with Crippen LogP contribution in [0.5, 0.6) is 0 Å². The lowest BCUT2D eigenvalue weighted by Gasteiger charge is -2.04. The Labute approximate surface area is 78.7 Å². The molecule has 0 saturated carbocycles. The van der Waals surface area contributed by atoms with Crippen molar-refractivity contribution in [1.82, 2.24) is 10.7 Å². The Morgan fingerprint density at radius 1 is 1.36 bits per heavy atom. The summed E-state index contributed by atoms with van der Waals surface area (Å²) in [4.78, 5) is 21.1. The van der Waals surface area contributed by atoms with Crippen molar-refractivity contribution >= 4 is 11.8 Å². The minimum Gasteiger partial charge on any atom is -0.374 e. The number of nitrogens with one attached hydrogen (secondary N) is 2. The monoisotopic (exact) mass is 211 g/mol. The molecular weight excluding hydrogens is 200 g/mol. The van der Waals surface area contributed by atoms with Gasteiger partial charge in [-0.15, -0.1) is 0 Å². The molecule has 0 rings (SSSR count). The summed E-state index contributed by atoms with van der Waals surface area (Å²) in [6.45, 7) is -0.814. The number of carbonyl (C=O) groups excluding carboxylic acids is 2. The van der Waals surface area contributed by atoms with E-state index in [1.165, 1.54) is 0 Å². The van der Waals surface area contributed by atoms with Crippen molar-refractivity contribution in [3.63, 3.8) is 0 Å². The van der Waals surface area contributed by atoms with Gasteiger partial charge in [-0.2, -0.15) is 0 Å². The summed E-state index contributed by atoms with van der Waals surface area (Å²) in [7, 11) is 0. The molecule has 0 saturated heterocycles. The van der Waals surface area contributed by atoms with E-state index in [2.05, 4.69) is 15.9 Å². The van der Waals surface area contributed by atoms with Gasteiger partial charge in [0, 0.05) is 6.54 Å². The fraction of sp³-hybridized carbons (Fsp3) is 0.667. The van der Waals surface area contributed by atoms with E-state index in [9.17, 15) is 18.4 Å². The smallest absolute Gasteiger partial charge is 0.323 e. The summed E-state index contributed by atoms with van der Waals surface area (Å²) in [6.07, 6.45) is -2.54. The fourth-order valence-corrected chi connectivity index (χ4v) is 0.555. The van der Waals surface area contributed by atoms with Gasteiger partial charge < -0.3 is 10.1 Å². The quantitative estimate of drug-likeness (QED) is 0.167. The molecule has 4 N–H and O–H groups in total. The first-order chi connectivity index (χ1) is 6.57. The molecule has 0 fully saturated rings. The van der Waals surface area contributed by atoms with Crippen LogP contribution in [0.2, 0.25) is 0 Å². The van der Waals surface area contributed by atoms with E-state index >= 15 is 0 Å². The van der Waals surface area contributed by atoms with Crippen molar-refractivity contribution in [2.24, 2.45) is 5.84 Å². The molecule has 0 heterocycles. The molecule has 0 bridgehead atoms. The second kappa shape index (κ2) is 7.15. The van der Waals surface area contributed by atoms with E-state index in [1.54, 1.807) is 5.43 Å². The first kappa shape index (κ1) is 12.7. The first-order valence-corrected chi connectivity index (χ1v) is 3.72. The number of rotatable bonds is 5. The van der Waals surface area contributed by atoms with Gasteiger partial charge in [-0.25, -0.2) is 14.6 Å². The minimum absolute atomic E-state index is 0.0288. The van der Waals surface area contributed by atoms with Gasteiger partial charge in [0.2, 0.25) is 0 Å². The van der Waals surface area contributed by atoms with Crippen molar-refractivity contribution < 1.29 is 23.1 Å². The Morgan fingerprint density at radius 2 is 2.00 bits per heavy atom. The number of ether oxygens (including phenoxy) is 1. The van der Waals surface area contributed by atoms with Crippen LogP contribution in [0.4, 0.5) is 8.78 Å². The maximum Gasteiger partial charge on any atom is 0.323 e. The van der Waals surface area contributed by atoms with Crippen molar-refractivity contribution in [2.45, 2.75) is 6.43 Å². The molecule has 8 heteroatoms. The number of hydrogen-bond donors (Lipinski definition) is 3. The minimum atomic E-state index is -2.54. The van der Waals surface area contributed by atoms with Crippen LogP contribution in [0.1, 0.15) is 0 Å². The molecule has 0 atom stereocenters. The lowest BCUT2D eigenvalue weighted by Crippen LogP contribution is -2.44. The molecule has 2 amide bonds. The van der Waals surface area contributed by atoms with Crippen molar-refractivity contribution in [3.8, 4) is 0 Å². The average Bonchev–Trinajstić information content (AvgIpc) is 2.15. The van der Waals surface area contributed by atoms with E-state index in [0.29, 0.717) is 0 Å². The van der Waals surface area contributed by atoms with Crippen LogP contribution in [0.25, 0.3) is 0 Å². The van der Waals surface area contributed by atoms with Gasteiger partial charge in [0.15, 0.2) is 0 Å². The summed E-state index contributed by atoms with van der Waals surface area (Å²) in [5.41, 5.74) is 1.61. The van der Waals surface area contributed by atoms with Crippen molar-refractivity contribution in [2.75, 3.05) is 19.8 Å². The van der Waals surface area contributed by atoms with Crippen LogP contribution >= 0.6 is 0 Å². The van der Waals surface area contributed by atoms with Crippen molar-refractivity contribution in [1.29, 1.82) is 0 Å². The number of halogens is 2. The molecule has 6 nitrogen and oxygen atoms in total. The third-order valence-corrected chi connectivity index (χ3v) is 1.11. The predicted molar refractivity (Wildman–Crippen MR) is 42.2 cm³/mol. The first-order valence-electron chi connectivity index (χ1n) is 3.72. The second-order valence-corrected chi connectivity index (χ2v) is 2.20. The third-order valence-electron chi connectivity index (χ3n) is 1.11. The Morgan fingerprint density at radius 3 is 2.50 bits per heavy atom. The highest BCUT2D eigenvalue weighted by atomic mass is 19.3. The molecule has 0 aliphatic heterocycles. The average molecular weight is 211 g/mol. The Hall–Kier alpha value is -1.28. The normalized spacial score (nSPS) is 10.0. The molecule has 0 spiro atoms. The zero-order valence-corrected chi connectivity index (χ0v) is 7.26. The molecule has 0 aromatic carbocycles. The molecule has 14 heavy (non-hydrogen) atoms. The molecule has 82 valence electrons. The zero-order valence-electron chi connectivity index (χ0n) is 7.26. The Bertz CT molecular complexity index is 201. The SMILES string of the molecule is NNC(=O)C(=O)NCCOCC(F)F. The van der Waals surface area contributed by atoms with Crippen LogP contribution in [0.15, 0.2) is 0 Å². The highest BCUT2D eigenvalue weighted by Crippen LogP contribution is 1.91. The van der Waals surface area contributed by atoms with Gasteiger partial charge in [-0.3, -0.25) is 15.0 Å². The van der Waals surface area contributed by atoms with E-state index in [0.717, 1.165) is 0 Å². The van der Waals surface area contributed by atoms with Crippen molar-refractivity contribution in [3.05, 3.63) is 0 Å². The van der Waals surface area contributed by atoms with Gasteiger partial charge in [-0.1, -0.05) is 0 Å². The van der Waals surface area contributed by atoms with Crippen LogP contribution in [-0.2, 0) is 14.3 Å². The fourth-order valence-electron chi connectivity index (χ4n) is 0.555. The summed E-state index contributed by atoms with van der Waals surface area (Å²) >= 11 is 0. The van der Waals surface area contributed by atoms with Crippen LogP contribution < -0.4 is 16.6 Å².